The Morgan fingerprint density at radius 1 is 1.12 bits per heavy atom. The van der Waals surface area contributed by atoms with Gasteiger partial charge in [-0.1, -0.05) is 0 Å². The number of aromatic nitrogens is 5. The zero-order valence-electron chi connectivity index (χ0n) is 15.1. The molecule has 1 aliphatic rings. The van der Waals surface area contributed by atoms with Gasteiger partial charge in [-0.2, -0.15) is 4.52 Å². The van der Waals surface area contributed by atoms with Crippen LogP contribution in [0.15, 0.2) is 12.1 Å². The second-order valence-electron chi connectivity index (χ2n) is 6.81. The van der Waals surface area contributed by atoms with Gasteiger partial charge >= 0.3 is 0 Å². The average molecular weight is 357 g/mol. The van der Waals surface area contributed by atoms with Gasteiger partial charge < -0.3 is 9.80 Å². The molecule has 25 heavy (non-hydrogen) atoms. The number of piperidine rings is 1. The summed E-state index contributed by atoms with van der Waals surface area (Å²) in [6, 6.07) is 3.96. The fourth-order valence-electron chi connectivity index (χ4n) is 3.21. The largest absolute Gasteiger partial charge is 0.361 e. The van der Waals surface area contributed by atoms with Crippen molar-refractivity contribution < 1.29 is 0 Å². The first-order valence-electron chi connectivity index (χ1n) is 8.61. The number of hydrogen-bond donors (Lipinski definition) is 0. The Bertz CT molecular complexity index is 870. The summed E-state index contributed by atoms with van der Waals surface area (Å²) in [5.41, 5.74) is 1.96. The third kappa shape index (κ3) is 2.95. The highest BCUT2D eigenvalue weighted by molar-refractivity contribution is 7.15. The van der Waals surface area contributed by atoms with Crippen LogP contribution in [-0.4, -0.2) is 52.0 Å². The van der Waals surface area contributed by atoms with Crippen LogP contribution in [0, 0.1) is 13.8 Å². The standard InChI is InChI=1S/C17H23N7S/c1-11-12(2)25-17(18-11)23-9-7-13(8-10-23)16-20-19-14-5-6-15(22(3)4)21-24(14)16/h5-6,13H,7-10H2,1-4H3. The van der Waals surface area contributed by atoms with Crippen molar-refractivity contribution in [2.24, 2.45) is 0 Å². The Kier molecular flexibility index (Phi) is 4.07. The number of anilines is 2. The van der Waals surface area contributed by atoms with Gasteiger partial charge in [0.15, 0.2) is 16.6 Å². The topological polar surface area (TPSA) is 62.5 Å². The molecule has 3 aromatic rings. The van der Waals surface area contributed by atoms with E-state index in [1.807, 2.05) is 35.6 Å². The summed E-state index contributed by atoms with van der Waals surface area (Å²) in [5.74, 6) is 2.28. The monoisotopic (exact) mass is 357 g/mol. The summed E-state index contributed by atoms with van der Waals surface area (Å²) < 4.78 is 1.91. The fourth-order valence-corrected chi connectivity index (χ4v) is 4.17. The van der Waals surface area contributed by atoms with E-state index in [4.69, 9.17) is 10.1 Å². The van der Waals surface area contributed by atoms with Crippen LogP contribution in [0.5, 0.6) is 0 Å². The van der Waals surface area contributed by atoms with E-state index in [1.165, 1.54) is 4.88 Å². The third-order valence-corrected chi connectivity index (χ3v) is 6.01. The van der Waals surface area contributed by atoms with Crippen LogP contribution < -0.4 is 9.80 Å². The van der Waals surface area contributed by atoms with E-state index in [0.717, 1.165) is 54.0 Å². The fraction of sp³-hybridized carbons (Fsp3) is 0.529. The number of nitrogens with zero attached hydrogens (tertiary/aromatic N) is 7. The molecule has 1 saturated heterocycles. The van der Waals surface area contributed by atoms with E-state index in [0.29, 0.717) is 5.92 Å². The van der Waals surface area contributed by atoms with Crippen LogP contribution in [0.4, 0.5) is 10.9 Å². The first-order valence-corrected chi connectivity index (χ1v) is 9.43. The summed E-state index contributed by atoms with van der Waals surface area (Å²) >= 11 is 1.79. The van der Waals surface area contributed by atoms with E-state index >= 15 is 0 Å². The second kappa shape index (κ2) is 6.25. The molecule has 0 unspecified atom stereocenters. The summed E-state index contributed by atoms with van der Waals surface area (Å²) in [4.78, 5) is 10.4. The molecule has 0 spiro atoms. The van der Waals surface area contributed by atoms with Crippen molar-refractivity contribution in [3.8, 4) is 0 Å². The SMILES string of the molecule is Cc1nc(N2CCC(c3nnc4ccc(N(C)C)nn34)CC2)sc1C. The second-order valence-corrected chi connectivity index (χ2v) is 8.00. The van der Waals surface area contributed by atoms with Gasteiger partial charge in [-0.3, -0.25) is 0 Å². The van der Waals surface area contributed by atoms with Crippen molar-refractivity contribution in [3.63, 3.8) is 0 Å². The van der Waals surface area contributed by atoms with Crippen LogP contribution >= 0.6 is 11.3 Å². The molecule has 1 aliphatic heterocycles. The molecule has 4 heterocycles. The van der Waals surface area contributed by atoms with Crippen LogP contribution in [0.2, 0.25) is 0 Å². The molecule has 132 valence electrons. The summed E-state index contributed by atoms with van der Waals surface area (Å²) in [5, 5.41) is 14.6. The molecule has 1 fully saturated rings. The molecule has 0 amide bonds. The molecule has 0 radical (unpaired) electrons. The highest BCUT2D eigenvalue weighted by atomic mass is 32.1. The van der Waals surface area contributed by atoms with Gasteiger partial charge in [-0.05, 0) is 38.8 Å². The van der Waals surface area contributed by atoms with E-state index in [2.05, 4.69) is 28.9 Å². The van der Waals surface area contributed by atoms with Gasteiger partial charge in [-0.15, -0.1) is 26.6 Å². The minimum Gasteiger partial charge on any atom is -0.361 e. The van der Waals surface area contributed by atoms with Gasteiger partial charge in [0.1, 0.15) is 5.82 Å². The third-order valence-electron chi connectivity index (χ3n) is 4.88. The quantitative estimate of drug-likeness (QED) is 0.718. The van der Waals surface area contributed by atoms with E-state index in [1.54, 1.807) is 11.3 Å². The lowest BCUT2D eigenvalue weighted by Gasteiger charge is -2.30. The lowest BCUT2D eigenvalue weighted by atomic mass is 9.96. The van der Waals surface area contributed by atoms with Crippen molar-refractivity contribution >= 4 is 27.9 Å². The number of thiazole rings is 1. The number of fused-ring (bicyclic) bond motifs is 1. The summed E-state index contributed by atoms with van der Waals surface area (Å²) in [6.45, 7) is 6.22. The minimum atomic E-state index is 0.387. The highest BCUT2D eigenvalue weighted by Crippen LogP contribution is 2.32. The highest BCUT2D eigenvalue weighted by Gasteiger charge is 2.26. The Morgan fingerprint density at radius 2 is 1.88 bits per heavy atom. The van der Waals surface area contributed by atoms with E-state index < -0.39 is 0 Å². The van der Waals surface area contributed by atoms with Gasteiger partial charge in [-0.25, -0.2) is 4.98 Å². The van der Waals surface area contributed by atoms with Gasteiger partial charge in [0.05, 0.1) is 5.69 Å². The lowest BCUT2D eigenvalue weighted by molar-refractivity contribution is 0.477. The van der Waals surface area contributed by atoms with E-state index in [-0.39, 0.29) is 0 Å². The zero-order valence-corrected chi connectivity index (χ0v) is 15.9. The van der Waals surface area contributed by atoms with E-state index in [9.17, 15) is 0 Å². The Hall–Kier alpha value is -2.22. The Morgan fingerprint density at radius 3 is 2.52 bits per heavy atom. The zero-order chi connectivity index (χ0) is 17.6. The van der Waals surface area contributed by atoms with Crippen LogP contribution in [-0.2, 0) is 0 Å². The van der Waals surface area contributed by atoms with Gasteiger partial charge in [0.2, 0.25) is 0 Å². The van der Waals surface area contributed by atoms with Gasteiger partial charge in [0, 0.05) is 38.0 Å². The smallest absolute Gasteiger partial charge is 0.185 e. The number of aryl methyl sites for hydroxylation is 2. The van der Waals surface area contributed by atoms with Crippen molar-refractivity contribution in [2.75, 3.05) is 37.0 Å². The van der Waals surface area contributed by atoms with Gasteiger partial charge in [0.25, 0.3) is 0 Å². The molecule has 0 aliphatic carbocycles. The van der Waals surface area contributed by atoms with Crippen LogP contribution in [0.1, 0.15) is 35.2 Å². The van der Waals surface area contributed by atoms with Crippen LogP contribution in [0.25, 0.3) is 5.65 Å². The Balaban J connectivity index is 1.54. The lowest BCUT2D eigenvalue weighted by Crippen LogP contribution is -2.33. The number of rotatable bonds is 3. The first kappa shape index (κ1) is 16.3. The predicted octanol–water partition coefficient (Wildman–Crippen LogP) is 2.65. The summed E-state index contributed by atoms with van der Waals surface area (Å²) in [7, 11) is 3.99. The maximum Gasteiger partial charge on any atom is 0.185 e. The molecule has 7 nitrogen and oxygen atoms in total. The average Bonchev–Trinajstić information content (AvgIpc) is 3.18. The molecular formula is C17H23N7S. The molecule has 0 N–H and O–H groups in total. The molecule has 3 aromatic heterocycles. The molecule has 0 saturated carbocycles. The predicted molar refractivity (Wildman–Crippen MR) is 101 cm³/mol. The molecular weight excluding hydrogens is 334 g/mol. The van der Waals surface area contributed by atoms with Crippen molar-refractivity contribution in [1.82, 2.24) is 24.8 Å². The molecule has 0 aromatic carbocycles. The maximum atomic E-state index is 4.70. The minimum absolute atomic E-state index is 0.387. The molecule has 0 bridgehead atoms. The Labute approximate surface area is 151 Å². The molecule has 8 heteroatoms. The normalized spacial score (nSPS) is 15.9. The maximum absolute atomic E-state index is 4.70. The van der Waals surface area contributed by atoms with Crippen molar-refractivity contribution in [1.29, 1.82) is 0 Å². The van der Waals surface area contributed by atoms with Crippen LogP contribution in [0.3, 0.4) is 0 Å². The molecule has 4 rings (SSSR count). The summed E-state index contributed by atoms with van der Waals surface area (Å²) in [6.07, 6.45) is 2.10. The molecule has 0 atom stereocenters. The first-order chi connectivity index (χ1) is 12.0. The number of hydrogen-bond acceptors (Lipinski definition) is 7. The van der Waals surface area contributed by atoms with Crippen molar-refractivity contribution in [3.05, 3.63) is 28.5 Å². The van der Waals surface area contributed by atoms with Crippen molar-refractivity contribution in [2.45, 2.75) is 32.6 Å².